The summed E-state index contributed by atoms with van der Waals surface area (Å²) in [5.74, 6) is 0.756. The number of hydrogen-bond donors (Lipinski definition) is 1. The normalized spacial score (nSPS) is 11.5. The lowest BCUT2D eigenvalue weighted by molar-refractivity contribution is -0.0113. The minimum Gasteiger partial charge on any atom is -0.491 e. The summed E-state index contributed by atoms with van der Waals surface area (Å²) in [5, 5.41) is 10.2. The van der Waals surface area contributed by atoms with E-state index in [2.05, 4.69) is 4.98 Å². The van der Waals surface area contributed by atoms with Crippen molar-refractivity contribution in [3.63, 3.8) is 0 Å². The molecule has 0 saturated carbocycles. The van der Waals surface area contributed by atoms with Gasteiger partial charge in [0.05, 0.1) is 17.6 Å². The monoisotopic (exact) mass is 260 g/mol. The second-order valence-electron chi connectivity index (χ2n) is 4.69. The molecule has 0 spiro atoms. The third-order valence-corrected chi connectivity index (χ3v) is 3.44. The van der Waals surface area contributed by atoms with E-state index < -0.39 is 5.60 Å². The van der Waals surface area contributed by atoms with E-state index in [1.165, 1.54) is 0 Å². The molecule has 2 aromatic rings. The Morgan fingerprint density at radius 1 is 1.32 bits per heavy atom. The lowest BCUT2D eigenvalue weighted by Crippen LogP contribution is -2.34. The highest BCUT2D eigenvalue weighted by Gasteiger charge is 2.23. The Bertz CT molecular complexity index is 505. The molecule has 1 N–H and O–H groups in total. The second kappa shape index (κ2) is 5.89. The Morgan fingerprint density at radius 3 is 2.74 bits per heavy atom. The summed E-state index contributed by atoms with van der Waals surface area (Å²) in [6.07, 6.45) is 6.73. The summed E-state index contributed by atoms with van der Waals surface area (Å²) in [6, 6.07) is 7.75. The summed E-state index contributed by atoms with van der Waals surface area (Å²) >= 11 is 0. The van der Waals surface area contributed by atoms with Crippen molar-refractivity contribution < 1.29 is 9.84 Å². The number of imidazole rings is 1. The molecule has 0 bridgehead atoms. The minimum absolute atomic E-state index is 0.313. The molecule has 0 saturated heterocycles. The van der Waals surface area contributed by atoms with Gasteiger partial charge in [0.2, 0.25) is 0 Å². The molecule has 4 nitrogen and oxygen atoms in total. The Kier molecular flexibility index (Phi) is 4.22. The molecule has 0 aliphatic rings. The maximum atomic E-state index is 10.2. The third kappa shape index (κ3) is 3.35. The van der Waals surface area contributed by atoms with E-state index in [1.807, 2.05) is 48.9 Å². The summed E-state index contributed by atoms with van der Waals surface area (Å²) in [6.45, 7) is 4.25. The fourth-order valence-electron chi connectivity index (χ4n) is 1.82. The van der Waals surface area contributed by atoms with Crippen LogP contribution in [0.4, 0.5) is 0 Å². The number of aromatic nitrogens is 2. The van der Waals surface area contributed by atoms with E-state index >= 15 is 0 Å². The largest absolute Gasteiger partial charge is 0.491 e. The second-order valence-corrected chi connectivity index (χ2v) is 4.69. The molecule has 1 aromatic heterocycles. The smallest absolute Gasteiger partial charge is 0.121 e. The first-order chi connectivity index (χ1) is 9.17. The number of ether oxygens (including phenoxy) is 1. The summed E-state index contributed by atoms with van der Waals surface area (Å²) in [4.78, 5) is 4.02. The van der Waals surface area contributed by atoms with Gasteiger partial charge in [0.1, 0.15) is 12.4 Å². The van der Waals surface area contributed by atoms with E-state index in [4.69, 9.17) is 4.74 Å². The predicted octanol–water partition coefficient (Wildman–Crippen LogP) is 2.80. The van der Waals surface area contributed by atoms with Crippen LogP contribution in [0.1, 0.15) is 26.7 Å². The zero-order valence-corrected chi connectivity index (χ0v) is 11.4. The van der Waals surface area contributed by atoms with Gasteiger partial charge in [0.15, 0.2) is 0 Å². The number of aliphatic hydroxyl groups is 1. The van der Waals surface area contributed by atoms with Gasteiger partial charge in [-0.2, -0.15) is 0 Å². The van der Waals surface area contributed by atoms with Crippen LogP contribution in [-0.4, -0.2) is 26.9 Å². The lowest BCUT2D eigenvalue weighted by Gasteiger charge is -2.25. The predicted molar refractivity (Wildman–Crippen MR) is 74.6 cm³/mol. The highest BCUT2D eigenvalue weighted by molar-refractivity contribution is 5.39. The SMILES string of the molecule is CCC(O)(CC)COc1cccc(-n2ccnc2)c1. The van der Waals surface area contributed by atoms with E-state index in [0.717, 1.165) is 11.4 Å². The summed E-state index contributed by atoms with van der Waals surface area (Å²) < 4.78 is 7.62. The Balaban J connectivity index is 2.08. The number of rotatable bonds is 6. The first-order valence-electron chi connectivity index (χ1n) is 6.60. The Labute approximate surface area is 113 Å². The minimum atomic E-state index is -0.745. The quantitative estimate of drug-likeness (QED) is 0.868. The molecule has 0 fully saturated rings. The van der Waals surface area contributed by atoms with E-state index in [-0.39, 0.29) is 0 Å². The highest BCUT2D eigenvalue weighted by atomic mass is 16.5. The van der Waals surface area contributed by atoms with Crippen LogP contribution in [0.25, 0.3) is 5.69 Å². The van der Waals surface area contributed by atoms with Crippen LogP contribution in [-0.2, 0) is 0 Å². The van der Waals surface area contributed by atoms with Gasteiger partial charge in [-0.05, 0) is 25.0 Å². The molecule has 0 unspecified atom stereocenters. The van der Waals surface area contributed by atoms with Gasteiger partial charge in [0.25, 0.3) is 0 Å². The van der Waals surface area contributed by atoms with Crippen molar-refractivity contribution in [1.82, 2.24) is 9.55 Å². The standard InChI is InChI=1S/C15H20N2O2/c1-3-15(18,4-2)11-19-14-7-5-6-13(10-14)17-9-8-16-12-17/h5-10,12,18H,3-4,11H2,1-2H3. The first-order valence-corrected chi connectivity index (χ1v) is 6.60. The van der Waals surface area contributed by atoms with Gasteiger partial charge in [-0.3, -0.25) is 0 Å². The van der Waals surface area contributed by atoms with Crippen LogP contribution in [0.5, 0.6) is 5.75 Å². The van der Waals surface area contributed by atoms with E-state index in [0.29, 0.717) is 19.4 Å². The van der Waals surface area contributed by atoms with Crippen molar-refractivity contribution in [2.45, 2.75) is 32.3 Å². The zero-order chi connectivity index (χ0) is 13.7. The van der Waals surface area contributed by atoms with E-state index in [9.17, 15) is 5.11 Å². The van der Waals surface area contributed by atoms with Gasteiger partial charge in [-0.1, -0.05) is 19.9 Å². The van der Waals surface area contributed by atoms with Crippen molar-refractivity contribution in [3.05, 3.63) is 43.0 Å². The molecule has 0 atom stereocenters. The lowest BCUT2D eigenvalue weighted by atomic mass is 9.99. The van der Waals surface area contributed by atoms with Gasteiger partial charge < -0.3 is 14.4 Å². The molecule has 4 heteroatoms. The average Bonchev–Trinajstić information content (AvgIpc) is 2.99. The fraction of sp³-hybridized carbons (Fsp3) is 0.400. The molecular weight excluding hydrogens is 240 g/mol. The molecule has 1 heterocycles. The number of hydrogen-bond acceptors (Lipinski definition) is 3. The first kappa shape index (κ1) is 13.6. The van der Waals surface area contributed by atoms with Crippen molar-refractivity contribution in [2.24, 2.45) is 0 Å². The van der Waals surface area contributed by atoms with Gasteiger partial charge >= 0.3 is 0 Å². The molecule has 102 valence electrons. The van der Waals surface area contributed by atoms with Crippen LogP contribution < -0.4 is 4.74 Å². The van der Waals surface area contributed by atoms with Crippen LogP contribution in [0.3, 0.4) is 0 Å². The zero-order valence-electron chi connectivity index (χ0n) is 11.4. The number of benzene rings is 1. The van der Waals surface area contributed by atoms with Crippen molar-refractivity contribution in [2.75, 3.05) is 6.61 Å². The van der Waals surface area contributed by atoms with Crippen LogP contribution in [0.2, 0.25) is 0 Å². The molecule has 0 aliphatic heterocycles. The van der Waals surface area contributed by atoms with Crippen LogP contribution >= 0.6 is 0 Å². The maximum Gasteiger partial charge on any atom is 0.121 e. The molecule has 19 heavy (non-hydrogen) atoms. The molecular formula is C15H20N2O2. The fourth-order valence-corrected chi connectivity index (χ4v) is 1.82. The molecule has 0 aliphatic carbocycles. The third-order valence-electron chi connectivity index (χ3n) is 3.44. The van der Waals surface area contributed by atoms with Crippen LogP contribution in [0.15, 0.2) is 43.0 Å². The molecule has 0 amide bonds. The van der Waals surface area contributed by atoms with E-state index in [1.54, 1.807) is 12.5 Å². The molecule has 2 rings (SSSR count). The van der Waals surface area contributed by atoms with Gasteiger partial charge in [0, 0.05) is 18.5 Å². The van der Waals surface area contributed by atoms with Crippen molar-refractivity contribution >= 4 is 0 Å². The molecule has 1 aromatic carbocycles. The number of nitrogens with zero attached hydrogens (tertiary/aromatic N) is 2. The highest BCUT2D eigenvalue weighted by Crippen LogP contribution is 2.20. The van der Waals surface area contributed by atoms with Gasteiger partial charge in [-0.15, -0.1) is 0 Å². The van der Waals surface area contributed by atoms with Crippen molar-refractivity contribution in [3.8, 4) is 11.4 Å². The van der Waals surface area contributed by atoms with Crippen LogP contribution in [0, 0.1) is 0 Å². The molecule has 0 radical (unpaired) electrons. The maximum absolute atomic E-state index is 10.2. The Hall–Kier alpha value is -1.81. The summed E-state index contributed by atoms with van der Waals surface area (Å²) in [5.41, 5.74) is 0.247. The average molecular weight is 260 g/mol. The topological polar surface area (TPSA) is 47.3 Å². The summed E-state index contributed by atoms with van der Waals surface area (Å²) in [7, 11) is 0. The Morgan fingerprint density at radius 2 is 2.11 bits per heavy atom. The van der Waals surface area contributed by atoms with Gasteiger partial charge in [-0.25, -0.2) is 4.98 Å². The van der Waals surface area contributed by atoms with Crippen molar-refractivity contribution in [1.29, 1.82) is 0 Å².